The lowest BCUT2D eigenvalue weighted by atomic mass is 10.1. The highest BCUT2D eigenvalue weighted by molar-refractivity contribution is 5.13. The molecule has 1 heteroatoms. The third-order valence-electron chi connectivity index (χ3n) is 3.86. The summed E-state index contributed by atoms with van der Waals surface area (Å²) in [5.41, 5.74) is 1.19. The zero-order chi connectivity index (χ0) is 15.1. The number of unbranched alkanes of at least 4 members (excludes halogenated alkanes) is 3. The molecule has 0 bridgehead atoms. The second kappa shape index (κ2) is 8.37. The van der Waals surface area contributed by atoms with Gasteiger partial charge in [-0.3, -0.25) is 0 Å². The van der Waals surface area contributed by atoms with Crippen LogP contribution < -0.4 is 0 Å². The van der Waals surface area contributed by atoms with Crippen molar-refractivity contribution in [1.29, 1.82) is 0 Å². The van der Waals surface area contributed by atoms with Crippen LogP contribution in [-0.4, -0.2) is 6.61 Å². The fourth-order valence-electron chi connectivity index (χ4n) is 2.55. The van der Waals surface area contributed by atoms with Gasteiger partial charge in [0.25, 0.3) is 0 Å². The Kier molecular flexibility index (Phi) is 5.27. The lowest BCUT2D eigenvalue weighted by Gasteiger charge is -2.04. The summed E-state index contributed by atoms with van der Waals surface area (Å²) in [5.74, 6) is 0.490. The smallest absolute Gasteiger partial charge is 0.0716 e. The molecule has 1 saturated carbocycles. The molecule has 2 rings (SSSR count). The molecule has 0 N–H and O–H groups in total. The largest absolute Gasteiger partial charge is 0.377 e. The van der Waals surface area contributed by atoms with Gasteiger partial charge in [0.1, 0.15) is 0 Å². The minimum Gasteiger partial charge on any atom is -0.377 e. The van der Waals surface area contributed by atoms with Gasteiger partial charge in [-0.2, -0.15) is 0 Å². The maximum atomic E-state index is 8.05. The molecule has 0 aliphatic heterocycles. The third kappa shape index (κ3) is 5.78. The zero-order valence-electron chi connectivity index (χ0n) is 14.1. The molecule has 1 aliphatic carbocycles. The molecule has 1 nitrogen and oxygen atoms in total. The lowest BCUT2D eigenvalue weighted by Crippen LogP contribution is -1.97. The second-order valence-corrected chi connectivity index (χ2v) is 5.56. The van der Waals surface area contributed by atoms with Crippen molar-refractivity contribution in [3.63, 3.8) is 0 Å². The Morgan fingerprint density at radius 1 is 1.11 bits per heavy atom. The Morgan fingerprint density at radius 3 is 2.68 bits per heavy atom. The number of rotatable bonds is 10. The maximum Gasteiger partial charge on any atom is 0.0716 e. The standard InChI is InChI=1S/C18H28O/c1-2-3-4-8-11-17-14-18(17)12-13-19-15-16-9-6-5-7-10-16/h5-7,9-10,17-18H,2-4,8,11-15H2,1H3/i14D2. The van der Waals surface area contributed by atoms with Crippen LogP contribution >= 0.6 is 0 Å². The molecule has 106 valence electrons. The molecule has 0 spiro atoms. The SMILES string of the molecule is [2H]C1([2H])C(CCCCCC)C1CCOCc1ccccc1. The minimum atomic E-state index is -0.942. The van der Waals surface area contributed by atoms with Crippen LogP contribution in [0.25, 0.3) is 0 Å². The predicted octanol–water partition coefficient (Wildman–Crippen LogP) is 5.20. The van der Waals surface area contributed by atoms with Crippen molar-refractivity contribution in [3.05, 3.63) is 35.9 Å². The first-order chi connectivity index (χ1) is 10.2. The minimum absolute atomic E-state index is 0.217. The summed E-state index contributed by atoms with van der Waals surface area (Å²) < 4.78 is 21.8. The van der Waals surface area contributed by atoms with Crippen LogP contribution in [0.1, 0.15) is 60.1 Å². The van der Waals surface area contributed by atoms with Gasteiger partial charge in [0.05, 0.1) is 6.61 Å². The van der Waals surface area contributed by atoms with Crippen molar-refractivity contribution in [2.45, 2.75) is 58.4 Å². The molecule has 1 fully saturated rings. The molecular weight excluding hydrogens is 232 g/mol. The summed E-state index contributed by atoms with van der Waals surface area (Å²) in [5, 5.41) is 0. The molecule has 0 heterocycles. The predicted molar refractivity (Wildman–Crippen MR) is 81.1 cm³/mol. The van der Waals surface area contributed by atoms with Gasteiger partial charge in [-0.25, -0.2) is 0 Å². The molecule has 1 aliphatic rings. The van der Waals surface area contributed by atoms with E-state index in [1.807, 2.05) is 18.2 Å². The summed E-state index contributed by atoms with van der Waals surface area (Å²) in [6.45, 7) is 3.52. The van der Waals surface area contributed by atoms with Crippen molar-refractivity contribution in [1.82, 2.24) is 0 Å². The summed E-state index contributed by atoms with van der Waals surface area (Å²) in [7, 11) is 0. The van der Waals surface area contributed by atoms with Crippen molar-refractivity contribution in [2.75, 3.05) is 6.61 Å². The Labute approximate surface area is 121 Å². The van der Waals surface area contributed by atoms with Gasteiger partial charge < -0.3 is 4.74 Å². The Balaban J connectivity index is 1.60. The number of hydrogen-bond acceptors (Lipinski definition) is 1. The molecule has 0 aromatic heterocycles. The van der Waals surface area contributed by atoms with Crippen LogP contribution in [0.3, 0.4) is 0 Å². The van der Waals surface area contributed by atoms with Crippen LogP contribution in [0.5, 0.6) is 0 Å². The molecular formula is C18H28O. The van der Waals surface area contributed by atoms with E-state index in [4.69, 9.17) is 7.48 Å². The molecule has 2 atom stereocenters. The maximum absolute atomic E-state index is 8.05. The topological polar surface area (TPSA) is 9.23 Å². The van der Waals surface area contributed by atoms with Gasteiger partial charge in [-0.05, 0) is 30.2 Å². The van der Waals surface area contributed by atoms with Gasteiger partial charge in [0.15, 0.2) is 0 Å². The highest BCUT2D eigenvalue weighted by atomic mass is 16.5. The fraction of sp³-hybridized carbons (Fsp3) is 0.667. The first kappa shape index (κ1) is 12.0. The van der Waals surface area contributed by atoms with Crippen molar-refractivity contribution < 1.29 is 7.48 Å². The normalized spacial score (nSPS) is 25.7. The van der Waals surface area contributed by atoms with Crippen LogP contribution in [0.2, 0.25) is 0 Å². The zero-order valence-corrected chi connectivity index (χ0v) is 12.1. The van der Waals surface area contributed by atoms with Gasteiger partial charge >= 0.3 is 0 Å². The quantitative estimate of drug-likeness (QED) is 0.527. The summed E-state index contributed by atoms with van der Waals surface area (Å²) in [6, 6.07) is 10.2. The van der Waals surface area contributed by atoms with Crippen LogP contribution in [-0.2, 0) is 11.3 Å². The monoisotopic (exact) mass is 262 g/mol. The van der Waals surface area contributed by atoms with Crippen LogP contribution in [0.4, 0.5) is 0 Å². The first-order valence-corrected chi connectivity index (χ1v) is 7.78. The van der Waals surface area contributed by atoms with E-state index in [-0.39, 0.29) is 11.8 Å². The molecule has 0 radical (unpaired) electrons. The van der Waals surface area contributed by atoms with E-state index < -0.39 is 6.37 Å². The number of hydrogen-bond donors (Lipinski definition) is 0. The summed E-state index contributed by atoms with van der Waals surface area (Å²) in [4.78, 5) is 0. The van der Waals surface area contributed by atoms with Crippen molar-refractivity contribution >= 4 is 0 Å². The molecule has 1 aromatic carbocycles. The number of ether oxygens (including phenoxy) is 1. The summed E-state index contributed by atoms with van der Waals surface area (Å²) in [6.07, 6.45) is 5.92. The lowest BCUT2D eigenvalue weighted by molar-refractivity contribution is 0.114. The third-order valence-corrected chi connectivity index (χ3v) is 3.86. The molecule has 2 unspecified atom stereocenters. The number of benzene rings is 1. The highest BCUT2D eigenvalue weighted by Crippen LogP contribution is 2.44. The fourth-order valence-corrected chi connectivity index (χ4v) is 2.55. The first-order valence-electron chi connectivity index (χ1n) is 8.78. The Morgan fingerprint density at radius 2 is 1.89 bits per heavy atom. The van der Waals surface area contributed by atoms with Crippen molar-refractivity contribution in [3.8, 4) is 0 Å². The average Bonchev–Trinajstić information content (AvgIpc) is 3.01. The second-order valence-electron chi connectivity index (χ2n) is 5.56. The van der Waals surface area contributed by atoms with Gasteiger partial charge in [-0.1, -0.05) is 69.4 Å². The van der Waals surface area contributed by atoms with Gasteiger partial charge in [0, 0.05) is 9.35 Å². The Hall–Kier alpha value is -0.820. The average molecular weight is 262 g/mol. The molecule has 1 aromatic rings. The molecule has 0 saturated heterocycles. The van der Waals surface area contributed by atoms with E-state index in [1.54, 1.807) is 0 Å². The van der Waals surface area contributed by atoms with E-state index in [0.29, 0.717) is 13.2 Å². The Bertz CT molecular complexity index is 405. The molecule has 0 amide bonds. The van der Waals surface area contributed by atoms with Gasteiger partial charge in [-0.15, -0.1) is 0 Å². The van der Waals surface area contributed by atoms with Gasteiger partial charge in [0.2, 0.25) is 0 Å². The summed E-state index contributed by atoms with van der Waals surface area (Å²) >= 11 is 0. The van der Waals surface area contributed by atoms with Crippen LogP contribution in [0, 0.1) is 11.8 Å². The van der Waals surface area contributed by atoms with Crippen LogP contribution in [0.15, 0.2) is 30.3 Å². The van der Waals surface area contributed by atoms with E-state index >= 15 is 0 Å². The van der Waals surface area contributed by atoms with E-state index in [0.717, 1.165) is 12.8 Å². The van der Waals surface area contributed by atoms with E-state index in [2.05, 4.69) is 19.1 Å². The van der Waals surface area contributed by atoms with E-state index in [9.17, 15) is 0 Å². The van der Waals surface area contributed by atoms with Crippen molar-refractivity contribution in [2.24, 2.45) is 11.8 Å². The highest BCUT2D eigenvalue weighted by Gasteiger charge is 2.35. The molecule has 19 heavy (non-hydrogen) atoms. The van der Waals surface area contributed by atoms with E-state index in [1.165, 1.54) is 31.2 Å².